The summed E-state index contributed by atoms with van der Waals surface area (Å²) in [6.07, 6.45) is 4.72. The second-order valence-corrected chi connectivity index (χ2v) is 7.87. The molecule has 1 amide bonds. The Kier molecular flexibility index (Phi) is 4.63. The lowest BCUT2D eigenvalue weighted by Gasteiger charge is -2.26. The molecule has 0 aliphatic carbocycles. The molecule has 0 radical (unpaired) electrons. The zero-order valence-corrected chi connectivity index (χ0v) is 16.7. The minimum Gasteiger partial charge on any atom is -0.360 e. The van der Waals surface area contributed by atoms with Gasteiger partial charge in [-0.1, -0.05) is 19.9 Å². The first-order valence-electron chi connectivity index (χ1n) is 8.94. The van der Waals surface area contributed by atoms with Crippen LogP contribution in [0.3, 0.4) is 0 Å². The molecule has 0 saturated carbocycles. The van der Waals surface area contributed by atoms with Crippen molar-refractivity contribution < 1.29 is 9.18 Å². The summed E-state index contributed by atoms with van der Waals surface area (Å²) in [5, 5.41) is 8.16. The standard InChI is InChI=1S/C20H20BrFN4O/c1-11(2)18-17(21)19(25-24-18)20(27)26-7-5-12(6-8-26)15-10-23-16-9-13(22)3-4-14(15)16/h3-5,9-11,23H,6-8H2,1-2H3,(H,24,25). The van der Waals surface area contributed by atoms with Crippen molar-refractivity contribution in [2.75, 3.05) is 13.1 Å². The lowest BCUT2D eigenvalue weighted by molar-refractivity contribution is 0.0766. The summed E-state index contributed by atoms with van der Waals surface area (Å²) >= 11 is 3.50. The predicted octanol–water partition coefficient (Wildman–Crippen LogP) is 4.85. The molecule has 0 fully saturated rings. The van der Waals surface area contributed by atoms with Gasteiger partial charge in [0.15, 0.2) is 5.69 Å². The molecule has 1 aromatic carbocycles. The number of amides is 1. The van der Waals surface area contributed by atoms with Crippen LogP contribution in [0.5, 0.6) is 0 Å². The predicted molar refractivity (Wildman–Crippen MR) is 107 cm³/mol. The minimum atomic E-state index is -0.254. The van der Waals surface area contributed by atoms with Crippen LogP contribution >= 0.6 is 15.9 Å². The zero-order valence-electron chi connectivity index (χ0n) is 15.1. The van der Waals surface area contributed by atoms with Gasteiger partial charge in [0.05, 0.1) is 10.2 Å². The highest BCUT2D eigenvalue weighted by Crippen LogP contribution is 2.31. The maximum Gasteiger partial charge on any atom is 0.275 e. The van der Waals surface area contributed by atoms with Crippen LogP contribution in [0.2, 0.25) is 0 Å². The van der Waals surface area contributed by atoms with E-state index < -0.39 is 0 Å². The summed E-state index contributed by atoms with van der Waals surface area (Å²) in [4.78, 5) is 17.8. The van der Waals surface area contributed by atoms with Gasteiger partial charge in [-0.15, -0.1) is 0 Å². The summed E-state index contributed by atoms with van der Waals surface area (Å²) in [6.45, 7) is 5.25. The fourth-order valence-electron chi connectivity index (χ4n) is 3.48. The van der Waals surface area contributed by atoms with Crippen LogP contribution in [0, 0.1) is 5.82 Å². The lowest BCUT2D eigenvalue weighted by Crippen LogP contribution is -2.35. The topological polar surface area (TPSA) is 64.8 Å². The van der Waals surface area contributed by atoms with E-state index in [1.54, 1.807) is 11.0 Å². The van der Waals surface area contributed by atoms with E-state index in [0.29, 0.717) is 18.8 Å². The second kappa shape index (κ2) is 6.96. The van der Waals surface area contributed by atoms with E-state index in [1.165, 1.54) is 17.7 Å². The Morgan fingerprint density at radius 1 is 1.37 bits per heavy atom. The number of aromatic amines is 2. The highest BCUT2D eigenvalue weighted by molar-refractivity contribution is 9.10. The number of fused-ring (bicyclic) bond motifs is 1. The molecule has 7 heteroatoms. The molecule has 0 bridgehead atoms. The maximum atomic E-state index is 13.4. The molecule has 5 nitrogen and oxygen atoms in total. The van der Waals surface area contributed by atoms with Crippen LogP contribution in [-0.2, 0) is 0 Å². The third-order valence-electron chi connectivity index (χ3n) is 5.00. The molecule has 3 heterocycles. The number of hydrogen-bond donors (Lipinski definition) is 2. The summed E-state index contributed by atoms with van der Waals surface area (Å²) in [7, 11) is 0. The Morgan fingerprint density at radius 3 is 2.85 bits per heavy atom. The Balaban J connectivity index is 1.55. The first-order valence-corrected chi connectivity index (χ1v) is 9.74. The largest absolute Gasteiger partial charge is 0.360 e. The molecular formula is C20H20BrFN4O. The molecule has 0 spiro atoms. The molecule has 0 saturated heterocycles. The number of nitrogens with one attached hydrogen (secondary N) is 2. The number of nitrogens with zero attached hydrogens (tertiary/aromatic N) is 2. The van der Waals surface area contributed by atoms with E-state index in [-0.39, 0.29) is 17.6 Å². The molecule has 0 atom stereocenters. The average molecular weight is 431 g/mol. The maximum absolute atomic E-state index is 13.4. The van der Waals surface area contributed by atoms with Crippen LogP contribution in [0.25, 0.3) is 16.5 Å². The van der Waals surface area contributed by atoms with Crippen molar-refractivity contribution in [2.24, 2.45) is 0 Å². The van der Waals surface area contributed by atoms with E-state index >= 15 is 0 Å². The van der Waals surface area contributed by atoms with Gasteiger partial charge in [-0.2, -0.15) is 5.10 Å². The van der Waals surface area contributed by atoms with Crippen LogP contribution in [0.15, 0.2) is 34.9 Å². The van der Waals surface area contributed by atoms with Crippen molar-refractivity contribution in [3.8, 4) is 0 Å². The van der Waals surface area contributed by atoms with Gasteiger partial charge in [-0.05, 0) is 52.0 Å². The fourth-order valence-corrected chi connectivity index (χ4v) is 4.28. The van der Waals surface area contributed by atoms with E-state index in [9.17, 15) is 9.18 Å². The number of halogens is 2. The van der Waals surface area contributed by atoms with Gasteiger partial charge >= 0.3 is 0 Å². The van der Waals surface area contributed by atoms with Crippen molar-refractivity contribution in [1.29, 1.82) is 0 Å². The Labute approximate surface area is 164 Å². The monoisotopic (exact) mass is 430 g/mol. The second-order valence-electron chi connectivity index (χ2n) is 7.08. The molecule has 1 aliphatic rings. The Hall–Kier alpha value is -2.41. The van der Waals surface area contributed by atoms with Gasteiger partial charge in [0.2, 0.25) is 0 Å². The number of aromatic nitrogens is 3. The number of rotatable bonds is 3. The Morgan fingerprint density at radius 2 is 2.19 bits per heavy atom. The highest BCUT2D eigenvalue weighted by atomic mass is 79.9. The molecule has 2 N–H and O–H groups in total. The van der Waals surface area contributed by atoms with Gasteiger partial charge in [0, 0.05) is 35.8 Å². The summed E-state index contributed by atoms with van der Waals surface area (Å²) < 4.78 is 14.1. The first kappa shape index (κ1) is 18.0. The van der Waals surface area contributed by atoms with Gasteiger partial charge in [0.25, 0.3) is 5.91 Å². The van der Waals surface area contributed by atoms with E-state index in [2.05, 4.69) is 51.0 Å². The van der Waals surface area contributed by atoms with E-state index in [4.69, 9.17) is 0 Å². The number of H-pyrrole nitrogens is 2. The normalized spacial score (nSPS) is 14.9. The summed E-state index contributed by atoms with van der Waals surface area (Å²) in [5.41, 5.74) is 4.38. The van der Waals surface area contributed by atoms with Gasteiger partial charge in [-0.3, -0.25) is 9.89 Å². The molecule has 140 valence electrons. The van der Waals surface area contributed by atoms with E-state index in [1.807, 2.05) is 6.20 Å². The highest BCUT2D eigenvalue weighted by Gasteiger charge is 2.26. The van der Waals surface area contributed by atoms with Crippen LogP contribution < -0.4 is 0 Å². The minimum absolute atomic E-state index is 0.0821. The molecule has 4 rings (SSSR count). The summed E-state index contributed by atoms with van der Waals surface area (Å²) in [5.74, 6) is -0.0787. The molecule has 3 aromatic rings. The fraction of sp³-hybridized carbons (Fsp3) is 0.300. The molecule has 0 unspecified atom stereocenters. The third kappa shape index (κ3) is 3.20. The number of carbonyl (C=O) groups is 1. The average Bonchev–Trinajstić information content (AvgIpc) is 3.24. The lowest BCUT2D eigenvalue weighted by atomic mass is 9.98. The zero-order chi connectivity index (χ0) is 19.1. The van der Waals surface area contributed by atoms with E-state index in [0.717, 1.165) is 33.1 Å². The van der Waals surface area contributed by atoms with Crippen molar-refractivity contribution >= 4 is 38.3 Å². The quantitative estimate of drug-likeness (QED) is 0.623. The number of hydrogen-bond acceptors (Lipinski definition) is 2. The first-order chi connectivity index (χ1) is 13.0. The van der Waals surface area contributed by atoms with Crippen molar-refractivity contribution in [3.63, 3.8) is 0 Å². The molecule has 1 aliphatic heterocycles. The third-order valence-corrected chi connectivity index (χ3v) is 5.80. The van der Waals surface area contributed by atoms with Crippen LogP contribution in [-0.4, -0.2) is 39.1 Å². The molecule has 2 aromatic heterocycles. The van der Waals surface area contributed by atoms with Crippen molar-refractivity contribution in [1.82, 2.24) is 20.1 Å². The van der Waals surface area contributed by atoms with Gasteiger partial charge in [-0.25, -0.2) is 4.39 Å². The van der Waals surface area contributed by atoms with Crippen LogP contribution in [0.1, 0.15) is 47.9 Å². The Bertz CT molecular complexity index is 1050. The van der Waals surface area contributed by atoms with Gasteiger partial charge in [0.1, 0.15) is 5.82 Å². The number of carbonyl (C=O) groups excluding carboxylic acids is 1. The summed E-state index contributed by atoms with van der Waals surface area (Å²) in [6, 6.07) is 4.77. The SMILES string of the molecule is CC(C)c1[nH]nc(C(=O)N2CC=C(c3c[nH]c4cc(F)ccc34)CC2)c1Br. The van der Waals surface area contributed by atoms with Crippen LogP contribution in [0.4, 0.5) is 4.39 Å². The van der Waals surface area contributed by atoms with Gasteiger partial charge < -0.3 is 9.88 Å². The molecule has 27 heavy (non-hydrogen) atoms. The van der Waals surface area contributed by atoms with Crippen molar-refractivity contribution in [3.05, 3.63) is 57.7 Å². The smallest absolute Gasteiger partial charge is 0.275 e. The van der Waals surface area contributed by atoms with Crippen molar-refractivity contribution in [2.45, 2.75) is 26.2 Å². The molecular weight excluding hydrogens is 411 g/mol. The number of benzene rings is 1.